The van der Waals surface area contributed by atoms with Gasteiger partial charge in [0.05, 0.1) is 5.60 Å². The van der Waals surface area contributed by atoms with Crippen molar-refractivity contribution in [1.29, 1.82) is 0 Å². The molecule has 24 heavy (non-hydrogen) atoms. The van der Waals surface area contributed by atoms with Gasteiger partial charge >= 0.3 is 6.09 Å². The molecule has 0 aliphatic carbocycles. The summed E-state index contributed by atoms with van der Waals surface area (Å²) in [5.74, 6) is -0.381. The van der Waals surface area contributed by atoms with Crippen molar-refractivity contribution in [1.82, 2.24) is 4.90 Å². The van der Waals surface area contributed by atoms with Crippen LogP contribution in [-0.2, 0) is 10.3 Å². The minimum Gasteiger partial charge on any atom is -0.444 e. The minimum atomic E-state index is -1.22. The number of halogens is 1. The van der Waals surface area contributed by atoms with E-state index in [1.54, 1.807) is 17.0 Å². The Balaban J connectivity index is 1.84. The number of nitrogens with zero attached hydrogens (tertiary/aromatic N) is 1. The number of carbonyl (C=O) groups is 1. The summed E-state index contributed by atoms with van der Waals surface area (Å²) in [6, 6.07) is 4.61. The number of fused-ring (bicyclic) bond motifs is 2. The van der Waals surface area contributed by atoms with Gasteiger partial charge in [-0.05, 0) is 46.6 Å². The van der Waals surface area contributed by atoms with Gasteiger partial charge in [0.2, 0.25) is 0 Å². The molecule has 2 fully saturated rings. The fourth-order valence-electron chi connectivity index (χ4n) is 4.05. The lowest BCUT2D eigenvalue weighted by molar-refractivity contribution is -0.0640. The molecular weight excluding hydrogens is 309 g/mol. The number of hydrogen-bond donors (Lipinski definition) is 1. The van der Waals surface area contributed by atoms with Crippen molar-refractivity contribution in [3.05, 3.63) is 35.1 Å². The lowest BCUT2D eigenvalue weighted by atomic mass is 9.80. The normalized spacial score (nSPS) is 29.7. The third kappa shape index (κ3) is 3.14. The van der Waals surface area contributed by atoms with Crippen molar-refractivity contribution in [2.45, 2.75) is 76.7 Å². The van der Waals surface area contributed by atoms with E-state index in [0.29, 0.717) is 18.4 Å². The highest BCUT2D eigenvalue weighted by molar-refractivity contribution is 5.69. The third-order valence-electron chi connectivity index (χ3n) is 4.99. The summed E-state index contributed by atoms with van der Waals surface area (Å²) in [7, 11) is 0. The highest BCUT2D eigenvalue weighted by Gasteiger charge is 2.51. The summed E-state index contributed by atoms with van der Waals surface area (Å²) < 4.78 is 19.8. The Bertz CT molecular complexity index is 639. The van der Waals surface area contributed by atoms with Crippen LogP contribution in [0.1, 0.15) is 57.6 Å². The van der Waals surface area contributed by atoms with Gasteiger partial charge in [0.25, 0.3) is 0 Å². The zero-order valence-electron chi connectivity index (χ0n) is 14.8. The predicted octanol–water partition coefficient (Wildman–Crippen LogP) is 3.88. The Kier molecular flexibility index (Phi) is 4.11. The maximum Gasteiger partial charge on any atom is 0.410 e. The number of rotatable bonds is 1. The van der Waals surface area contributed by atoms with E-state index in [-0.39, 0.29) is 24.0 Å². The second kappa shape index (κ2) is 5.73. The second-order valence-electron chi connectivity index (χ2n) is 8.20. The molecule has 2 aliphatic heterocycles. The summed E-state index contributed by atoms with van der Waals surface area (Å²) in [6.45, 7) is 7.41. The molecule has 1 aromatic rings. The van der Waals surface area contributed by atoms with E-state index in [0.717, 1.165) is 18.4 Å². The van der Waals surface area contributed by atoms with Crippen LogP contribution in [0.25, 0.3) is 0 Å². The average molecular weight is 335 g/mol. The van der Waals surface area contributed by atoms with Crippen molar-refractivity contribution < 1.29 is 19.0 Å². The molecule has 5 heteroatoms. The van der Waals surface area contributed by atoms with E-state index in [9.17, 15) is 14.3 Å². The fourth-order valence-corrected chi connectivity index (χ4v) is 4.05. The molecule has 2 saturated heterocycles. The van der Waals surface area contributed by atoms with Crippen LogP contribution in [-0.4, -0.2) is 33.8 Å². The van der Waals surface area contributed by atoms with Crippen molar-refractivity contribution in [2.75, 3.05) is 0 Å². The van der Waals surface area contributed by atoms with Crippen molar-refractivity contribution in [2.24, 2.45) is 0 Å². The molecule has 2 aliphatic rings. The van der Waals surface area contributed by atoms with Crippen LogP contribution in [0.3, 0.4) is 0 Å². The number of hydrogen-bond acceptors (Lipinski definition) is 3. The van der Waals surface area contributed by atoms with Gasteiger partial charge in [0.15, 0.2) is 0 Å². The van der Waals surface area contributed by atoms with Gasteiger partial charge in [0.1, 0.15) is 11.4 Å². The number of piperidine rings is 1. The molecule has 2 atom stereocenters. The van der Waals surface area contributed by atoms with Gasteiger partial charge in [-0.1, -0.05) is 17.7 Å². The van der Waals surface area contributed by atoms with Gasteiger partial charge in [0, 0.05) is 30.5 Å². The Morgan fingerprint density at radius 1 is 1.29 bits per heavy atom. The zero-order valence-corrected chi connectivity index (χ0v) is 14.8. The van der Waals surface area contributed by atoms with Crippen LogP contribution in [0.4, 0.5) is 9.18 Å². The molecule has 0 spiro atoms. The van der Waals surface area contributed by atoms with Crippen LogP contribution in [0.5, 0.6) is 0 Å². The molecule has 4 nitrogen and oxygen atoms in total. The minimum absolute atomic E-state index is 0.108. The predicted molar refractivity (Wildman–Crippen MR) is 89.2 cm³/mol. The van der Waals surface area contributed by atoms with Crippen LogP contribution in [0.15, 0.2) is 18.2 Å². The number of ether oxygens (including phenoxy) is 1. The molecule has 132 valence electrons. The standard InChI is InChI=1S/C19H26FNO3/c1-12-5-8-16(20)15(9-12)19(23)10-13-6-7-14(11-19)21(13)17(22)24-18(2,3)4/h5,8-9,13-14,23H,6-7,10-11H2,1-4H3. The Morgan fingerprint density at radius 2 is 1.88 bits per heavy atom. The number of benzene rings is 1. The Morgan fingerprint density at radius 3 is 2.42 bits per heavy atom. The first kappa shape index (κ1) is 17.2. The molecule has 0 radical (unpaired) electrons. The zero-order chi connectivity index (χ0) is 17.7. The highest BCUT2D eigenvalue weighted by Crippen LogP contribution is 2.46. The topological polar surface area (TPSA) is 49.8 Å². The lowest BCUT2D eigenvalue weighted by Gasteiger charge is -2.44. The molecule has 1 aromatic carbocycles. The number of aryl methyl sites for hydroxylation is 1. The Hall–Kier alpha value is -1.62. The summed E-state index contributed by atoms with van der Waals surface area (Å²) in [5, 5.41) is 11.1. The fraction of sp³-hybridized carbons (Fsp3) is 0.632. The van der Waals surface area contributed by atoms with E-state index >= 15 is 0 Å². The third-order valence-corrected chi connectivity index (χ3v) is 4.99. The second-order valence-corrected chi connectivity index (χ2v) is 8.20. The molecule has 0 aromatic heterocycles. The molecule has 2 bridgehead atoms. The monoisotopic (exact) mass is 335 g/mol. The van der Waals surface area contributed by atoms with Gasteiger partial charge in [-0.3, -0.25) is 0 Å². The molecular formula is C19H26FNO3. The first-order chi connectivity index (χ1) is 11.1. The maximum absolute atomic E-state index is 14.3. The smallest absolute Gasteiger partial charge is 0.410 e. The molecule has 3 rings (SSSR count). The van der Waals surface area contributed by atoms with Crippen LogP contribution in [0.2, 0.25) is 0 Å². The molecule has 1 N–H and O–H groups in total. The first-order valence-electron chi connectivity index (χ1n) is 8.59. The molecule has 1 amide bonds. The quantitative estimate of drug-likeness (QED) is 0.847. The summed E-state index contributed by atoms with van der Waals surface area (Å²) >= 11 is 0. The van der Waals surface area contributed by atoms with E-state index in [4.69, 9.17) is 4.74 Å². The van der Waals surface area contributed by atoms with Crippen molar-refractivity contribution in [3.8, 4) is 0 Å². The highest BCUT2D eigenvalue weighted by atomic mass is 19.1. The molecule has 0 saturated carbocycles. The summed E-state index contributed by atoms with van der Waals surface area (Å²) in [6.07, 6.45) is 2.01. The van der Waals surface area contributed by atoms with E-state index in [2.05, 4.69) is 0 Å². The van der Waals surface area contributed by atoms with Crippen LogP contribution >= 0.6 is 0 Å². The van der Waals surface area contributed by atoms with Gasteiger partial charge < -0.3 is 14.7 Å². The maximum atomic E-state index is 14.3. The van der Waals surface area contributed by atoms with Gasteiger partial charge in [-0.2, -0.15) is 0 Å². The average Bonchev–Trinajstić information content (AvgIpc) is 2.73. The van der Waals surface area contributed by atoms with Crippen molar-refractivity contribution >= 4 is 6.09 Å². The van der Waals surface area contributed by atoms with E-state index in [1.165, 1.54) is 6.07 Å². The SMILES string of the molecule is Cc1ccc(F)c(C2(O)CC3CCC(C2)N3C(=O)OC(C)(C)C)c1. The summed E-state index contributed by atoms with van der Waals surface area (Å²) in [5.41, 5.74) is -0.502. The number of carbonyl (C=O) groups excluding carboxylic acids is 1. The van der Waals surface area contributed by atoms with Crippen LogP contribution < -0.4 is 0 Å². The molecule has 2 unspecified atom stereocenters. The Labute approximate surface area is 142 Å². The van der Waals surface area contributed by atoms with E-state index in [1.807, 2.05) is 27.7 Å². The van der Waals surface area contributed by atoms with Crippen molar-refractivity contribution in [3.63, 3.8) is 0 Å². The van der Waals surface area contributed by atoms with Crippen LogP contribution in [0, 0.1) is 12.7 Å². The van der Waals surface area contributed by atoms with Gasteiger partial charge in [-0.25, -0.2) is 9.18 Å². The number of aliphatic hydroxyl groups is 1. The largest absolute Gasteiger partial charge is 0.444 e. The first-order valence-corrected chi connectivity index (χ1v) is 8.59. The summed E-state index contributed by atoms with van der Waals surface area (Å²) in [4.78, 5) is 14.2. The number of amides is 1. The lowest BCUT2D eigenvalue weighted by Crippen LogP contribution is -2.53. The molecule has 2 heterocycles. The van der Waals surface area contributed by atoms with E-state index < -0.39 is 11.2 Å². The van der Waals surface area contributed by atoms with Gasteiger partial charge in [-0.15, -0.1) is 0 Å².